The van der Waals surface area contributed by atoms with Crippen LogP contribution < -0.4 is 15.2 Å². The lowest BCUT2D eigenvalue weighted by Gasteiger charge is -2.14. The smallest absolute Gasteiger partial charge is 0.236 e. The fourth-order valence-corrected chi connectivity index (χ4v) is 4.69. The van der Waals surface area contributed by atoms with E-state index in [1.807, 2.05) is 31.2 Å². The van der Waals surface area contributed by atoms with Crippen molar-refractivity contribution in [2.45, 2.75) is 23.8 Å². The summed E-state index contributed by atoms with van der Waals surface area (Å²) in [6.45, 7) is 8.99. The molecule has 0 radical (unpaired) electrons. The van der Waals surface area contributed by atoms with E-state index in [1.54, 1.807) is 31.4 Å². The van der Waals surface area contributed by atoms with Gasteiger partial charge in [-0.05, 0) is 48.9 Å². The second-order valence-corrected chi connectivity index (χ2v) is 9.30. The Morgan fingerprint density at radius 1 is 1.13 bits per heavy atom. The van der Waals surface area contributed by atoms with Crippen molar-refractivity contribution in [1.82, 2.24) is 9.97 Å². The van der Waals surface area contributed by atoms with Gasteiger partial charge < -0.3 is 29.8 Å². The number of aliphatic hydroxyl groups is 2. The van der Waals surface area contributed by atoms with Gasteiger partial charge in [0.1, 0.15) is 46.9 Å². The van der Waals surface area contributed by atoms with Crippen molar-refractivity contribution in [2.75, 3.05) is 26.1 Å². The lowest BCUT2D eigenvalue weighted by atomic mass is 10.00. The number of nitrogens with two attached hydrogens (primary N) is 1. The van der Waals surface area contributed by atoms with E-state index in [2.05, 4.69) is 20.9 Å². The van der Waals surface area contributed by atoms with E-state index in [1.165, 1.54) is 11.8 Å². The number of pyridine rings is 1. The number of aliphatic hydroxyl groups excluding tert-OH is 2. The third-order valence-electron chi connectivity index (χ3n) is 5.76. The van der Waals surface area contributed by atoms with Gasteiger partial charge in [0.25, 0.3) is 0 Å². The first-order chi connectivity index (χ1) is 18.9. The number of nitrogen functional groups attached to an aromatic ring is 1. The summed E-state index contributed by atoms with van der Waals surface area (Å²) in [7, 11) is 1.60. The molecule has 2 aromatic carbocycles. The van der Waals surface area contributed by atoms with Gasteiger partial charge in [-0.15, -0.1) is 0 Å². The van der Waals surface area contributed by atoms with Crippen molar-refractivity contribution in [3.05, 3.63) is 77.0 Å². The number of hydrogen-bond acceptors (Lipinski definition) is 10. The largest absolute Gasteiger partial charge is 0.497 e. The molecule has 0 fully saturated rings. The van der Waals surface area contributed by atoms with Gasteiger partial charge in [0.05, 0.1) is 31.5 Å². The maximum atomic E-state index is 10.1. The number of oxazole rings is 1. The van der Waals surface area contributed by atoms with E-state index in [4.69, 9.17) is 31.3 Å². The lowest BCUT2D eigenvalue weighted by molar-refractivity contribution is 0.0536. The minimum Gasteiger partial charge on any atom is -0.497 e. The predicted molar refractivity (Wildman–Crippen MR) is 146 cm³/mol. The molecule has 4 aromatic rings. The van der Waals surface area contributed by atoms with E-state index in [0.717, 1.165) is 11.3 Å². The third-order valence-corrected chi connectivity index (χ3v) is 6.75. The summed E-state index contributed by atoms with van der Waals surface area (Å²) in [5.74, 6) is 2.68. The molecular weight excluding hydrogens is 518 g/mol. The molecule has 11 heteroatoms. The van der Waals surface area contributed by atoms with Crippen LogP contribution in [0.5, 0.6) is 11.5 Å². The fraction of sp³-hybridized carbons (Fsp3) is 0.214. The van der Waals surface area contributed by atoms with Crippen LogP contribution in [-0.4, -0.2) is 46.6 Å². The van der Waals surface area contributed by atoms with Gasteiger partial charge >= 0.3 is 0 Å². The highest BCUT2D eigenvalue weighted by molar-refractivity contribution is 7.98. The first kappa shape index (κ1) is 27.5. The Kier molecular flexibility index (Phi) is 8.69. The monoisotopic (exact) mass is 543 g/mol. The Balaban J connectivity index is 1.61. The predicted octanol–water partition coefficient (Wildman–Crippen LogP) is 4.75. The van der Waals surface area contributed by atoms with E-state index in [0.29, 0.717) is 45.0 Å². The Morgan fingerprint density at radius 2 is 1.79 bits per heavy atom. The molecule has 2 aromatic heterocycles. The molecule has 1 atom stereocenters. The molecule has 0 bridgehead atoms. The number of rotatable bonds is 10. The summed E-state index contributed by atoms with van der Waals surface area (Å²) in [6.07, 6.45) is -0.996. The van der Waals surface area contributed by atoms with Crippen LogP contribution in [0, 0.1) is 24.8 Å². The maximum Gasteiger partial charge on any atom is 0.236 e. The number of aromatic nitrogens is 2. The molecule has 0 saturated heterocycles. The zero-order valence-electron chi connectivity index (χ0n) is 21.2. The molecule has 0 amide bonds. The van der Waals surface area contributed by atoms with Crippen LogP contribution in [0.3, 0.4) is 0 Å². The summed E-state index contributed by atoms with van der Waals surface area (Å²) < 4.78 is 16.5. The molecule has 2 heterocycles. The molecule has 10 nitrogen and oxygen atoms in total. The highest BCUT2D eigenvalue weighted by atomic mass is 32.2. The molecule has 0 aliphatic rings. The van der Waals surface area contributed by atoms with Gasteiger partial charge in [-0.2, -0.15) is 5.26 Å². The minimum atomic E-state index is -0.996. The molecular formula is C28H25N5O5S. The van der Waals surface area contributed by atoms with E-state index in [9.17, 15) is 10.4 Å². The van der Waals surface area contributed by atoms with Crippen molar-refractivity contribution in [2.24, 2.45) is 0 Å². The molecule has 0 saturated carbocycles. The Labute approximate surface area is 229 Å². The van der Waals surface area contributed by atoms with E-state index < -0.39 is 12.7 Å². The van der Waals surface area contributed by atoms with Crippen molar-refractivity contribution in [3.63, 3.8) is 0 Å². The number of thioether (sulfide) groups is 1. The van der Waals surface area contributed by atoms with Crippen LogP contribution in [0.25, 0.3) is 27.4 Å². The van der Waals surface area contributed by atoms with Crippen molar-refractivity contribution in [3.8, 4) is 40.1 Å². The summed E-state index contributed by atoms with van der Waals surface area (Å²) in [6, 6.07) is 16.3. The normalized spacial score (nSPS) is 11.4. The van der Waals surface area contributed by atoms with Crippen molar-refractivity contribution < 1.29 is 24.1 Å². The summed E-state index contributed by atoms with van der Waals surface area (Å²) in [4.78, 5) is 12.5. The number of anilines is 1. The van der Waals surface area contributed by atoms with Crippen LogP contribution in [-0.2, 0) is 5.75 Å². The van der Waals surface area contributed by atoms with E-state index in [-0.39, 0.29) is 23.7 Å². The van der Waals surface area contributed by atoms with Crippen LogP contribution in [0.15, 0.2) is 58.0 Å². The van der Waals surface area contributed by atoms with Crippen LogP contribution in [0.2, 0.25) is 0 Å². The third kappa shape index (κ3) is 6.13. The summed E-state index contributed by atoms with van der Waals surface area (Å²) in [5.41, 5.74) is 8.92. The van der Waals surface area contributed by atoms with Crippen molar-refractivity contribution in [1.29, 1.82) is 5.26 Å². The second-order valence-electron chi connectivity index (χ2n) is 8.34. The molecule has 0 spiro atoms. The van der Waals surface area contributed by atoms with Crippen LogP contribution in [0.1, 0.15) is 17.0 Å². The quantitative estimate of drug-likeness (QED) is 0.189. The molecule has 198 valence electrons. The standard InChI is InChI=1S/C28H25N5O5S/c1-16-23(32-27(38-16)18-6-8-20(36-3)9-7-18)15-39-28-22(12-29)24(25(31-2)26(30)33-28)17-4-10-21(11-5-17)37-14-19(35)13-34/h4-11,19,34-35H,13-15H2,1,3H3,(H2,30,33)/t19-/m1/s1. The summed E-state index contributed by atoms with van der Waals surface area (Å²) >= 11 is 1.28. The van der Waals surface area contributed by atoms with Gasteiger partial charge in [-0.1, -0.05) is 23.9 Å². The van der Waals surface area contributed by atoms with Crippen LogP contribution >= 0.6 is 11.8 Å². The number of ether oxygens (including phenoxy) is 2. The number of methoxy groups -OCH3 is 1. The topological polar surface area (TPSA) is 152 Å². The Morgan fingerprint density at radius 3 is 2.41 bits per heavy atom. The van der Waals surface area contributed by atoms with Crippen molar-refractivity contribution >= 4 is 23.3 Å². The zero-order valence-corrected chi connectivity index (χ0v) is 22.0. The second kappa shape index (κ2) is 12.3. The van der Waals surface area contributed by atoms with Gasteiger partial charge in [0.2, 0.25) is 11.6 Å². The number of nitrogens with zero attached hydrogens (tertiary/aromatic N) is 4. The molecule has 0 aliphatic heterocycles. The highest BCUT2D eigenvalue weighted by Gasteiger charge is 2.22. The average molecular weight is 544 g/mol. The van der Waals surface area contributed by atoms with Gasteiger partial charge in [0, 0.05) is 16.9 Å². The summed E-state index contributed by atoms with van der Waals surface area (Å²) in [5, 5.41) is 28.9. The molecule has 4 rings (SSSR count). The fourth-order valence-electron chi connectivity index (χ4n) is 3.69. The first-order valence-electron chi connectivity index (χ1n) is 11.7. The first-order valence-corrected chi connectivity index (χ1v) is 12.7. The van der Waals surface area contributed by atoms with Gasteiger partial charge in [0.15, 0.2) is 0 Å². The van der Waals surface area contributed by atoms with Gasteiger partial charge in [-0.3, -0.25) is 0 Å². The highest BCUT2D eigenvalue weighted by Crippen LogP contribution is 2.42. The average Bonchev–Trinajstić information content (AvgIpc) is 3.34. The molecule has 0 aliphatic carbocycles. The number of benzene rings is 2. The lowest BCUT2D eigenvalue weighted by Crippen LogP contribution is -2.21. The molecule has 39 heavy (non-hydrogen) atoms. The molecule has 0 unspecified atom stereocenters. The van der Waals surface area contributed by atoms with Gasteiger partial charge in [-0.25, -0.2) is 14.8 Å². The Hall–Kier alpha value is -4.55. The SMILES string of the molecule is [C-]#[N+]c1c(N)nc(SCc2nc(-c3ccc(OC)cc3)oc2C)c(C#N)c1-c1ccc(OC[C@H](O)CO)cc1. The Bertz CT molecular complexity index is 1540. The van der Waals surface area contributed by atoms with Crippen LogP contribution in [0.4, 0.5) is 11.5 Å². The number of aryl methyl sites for hydroxylation is 1. The number of hydrogen-bond donors (Lipinski definition) is 3. The molecule has 4 N–H and O–H groups in total. The zero-order chi connectivity index (χ0) is 27.9. The maximum absolute atomic E-state index is 10.1. The van der Waals surface area contributed by atoms with E-state index >= 15 is 0 Å². The minimum absolute atomic E-state index is 0.0173. The number of nitriles is 1.